The Morgan fingerprint density at radius 2 is 1.62 bits per heavy atom. The molecular formula is C26H24N2O4. The van der Waals surface area contributed by atoms with Crippen LogP contribution in [-0.2, 0) is 29.0 Å². The normalized spacial score (nSPS) is 11.8. The molecule has 0 unspecified atom stereocenters. The van der Waals surface area contributed by atoms with Crippen LogP contribution >= 0.6 is 0 Å². The van der Waals surface area contributed by atoms with Crippen LogP contribution in [-0.4, -0.2) is 28.0 Å². The second-order valence-electron chi connectivity index (χ2n) is 7.62. The van der Waals surface area contributed by atoms with Crippen LogP contribution in [0.25, 0.3) is 10.9 Å². The second kappa shape index (κ2) is 9.83. The van der Waals surface area contributed by atoms with Crippen LogP contribution in [0.15, 0.2) is 85.1 Å². The van der Waals surface area contributed by atoms with Gasteiger partial charge < -0.3 is 20.1 Å². The van der Waals surface area contributed by atoms with Crippen molar-refractivity contribution in [2.24, 2.45) is 0 Å². The van der Waals surface area contributed by atoms with E-state index in [1.54, 1.807) is 6.20 Å². The van der Waals surface area contributed by atoms with E-state index in [-0.39, 0.29) is 18.7 Å². The van der Waals surface area contributed by atoms with Crippen LogP contribution in [0, 0.1) is 0 Å². The number of hydrogen-bond donors (Lipinski definition) is 3. The Kier molecular flexibility index (Phi) is 6.51. The van der Waals surface area contributed by atoms with Crippen molar-refractivity contribution < 1.29 is 19.4 Å². The molecule has 0 radical (unpaired) electrons. The number of benzene rings is 3. The first-order valence-corrected chi connectivity index (χ1v) is 10.4. The highest BCUT2D eigenvalue weighted by Crippen LogP contribution is 2.25. The summed E-state index contributed by atoms with van der Waals surface area (Å²) in [5, 5.41) is 13.2. The number of carboxylic acids is 1. The Balaban J connectivity index is 1.42. The summed E-state index contributed by atoms with van der Waals surface area (Å²) in [5.41, 5.74) is 3.59. The standard InChI is InChI=1S/C26H24N2O4/c29-25(13-18-7-3-1-4-8-18)28-24(26(30)31)14-20-16-27-23-15-21(11-12-22(20)23)32-17-19-9-5-2-6-10-19/h1-12,15-16,24,27H,13-14,17H2,(H,28,29)(H,30,31)/t24-/m0/s1. The van der Waals surface area contributed by atoms with Crippen molar-refractivity contribution >= 4 is 22.8 Å². The number of carbonyl (C=O) groups is 2. The average Bonchev–Trinajstić information content (AvgIpc) is 3.20. The molecule has 32 heavy (non-hydrogen) atoms. The van der Waals surface area contributed by atoms with E-state index in [0.717, 1.165) is 33.3 Å². The molecule has 162 valence electrons. The van der Waals surface area contributed by atoms with Gasteiger partial charge in [-0.25, -0.2) is 4.79 Å². The number of nitrogens with one attached hydrogen (secondary N) is 2. The first-order chi connectivity index (χ1) is 15.6. The van der Waals surface area contributed by atoms with E-state index < -0.39 is 12.0 Å². The Bertz CT molecular complexity index is 1200. The molecule has 1 amide bonds. The summed E-state index contributed by atoms with van der Waals surface area (Å²) in [4.78, 5) is 27.3. The van der Waals surface area contributed by atoms with Gasteiger partial charge in [-0.15, -0.1) is 0 Å². The zero-order valence-corrected chi connectivity index (χ0v) is 17.5. The largest absolute Gasteiger partial charge is 0.489 e. The van der Waals surface area contributed by atoms with E-state index >= 15 is 0 Å². The lowest BCUT2D eigenvalue weighted by molar-refractivity contribution is -0.141. The lowest BCUT2D eigenvalue weighted by Gasteiger charge is -2.14. The van der Waals surface area contributed by atoms with Gasteiger partial charge in [-0.05, 0) is 28.8 Å². The lowest BCUT2D eigenvalue weighted by Crippen LogP contribution is -2.43. The Morgan fingerprint density at radius 1 is 0.938 bits per heavy atom. The number of hydrogen-bond acceptors (Lipinski definition) is 3. The molecule has 3 N–H and O–H groups in total. The molecule has 1 heterocycles. The van der Waals surface area contributed by atoms with E-state index in [0.29, 0.717) is 6.61 Å². The summed E-state index contributed by atoms with van der Waals surface area (Å²) in [7, 11) is 0. The number of aromatic nitrogens is 1. The number of rotatable bonds is 9. The second-order valence-corrected chi connectivity index (χ2v) is 7.62. The molecule has 6 nitrogen and oxygen atoms in total. The molecule has 0 aliphatic carbocycles. The van der Waals surface area contributed by atoms with Crippen molar-refractivity contribution in [1.82, 2.24) is 10.3 Å². The molecule has 0 bridgehead atoms. The minimum absolute atomic E-state index is 0.140. The Labute approximate surface area is 185 Å². The van der Waals surface area contributed by atoms with Gasteiger partial charge in [0.05, 0.1) is 6.42 Å². The van der Waals surface area contributed by atoms with E-state index in [1.165, 1.54) is 0 Å². The SMILES string of the molecule is O=C(Cc1ccccc1)N[C@@H](Cc1c[nH]c2cc(OCc3ccccc3)ccc12)C(=O)O. The number of ether oxygens (including phenoxy) is 1. The van der Waals surface area contributed by atoms with Crippen molar-refractivity contribution in [3.63, 3.8) is 0 Å². The maximum atomic E-state index is 12.4. The van der Waals surface area contributed by atoms with Crippen LogP contribution in [0.5, 0.6) is 5.75 Å². The Hall–Kier alpha value is -4.06. The molecule has 0 aliphatic heterocycles. The van der Waals surface area contributed by atoms with Crippen molar-refractivity contribution in [2.45, 2.75) is 25.5 Å². The molecule has 3 aromatic carbocycles. The predicted molar refractivity (Wildman–Crippen MR) is 122 cm³/mol. The molecule has 0 fully saturated rings. The van der Waals surface area contributed by atoms with E-state index in [9.17, 15) is 14.7 Å². The number of H-pyrrole nitrogens is 1. The highest BCUT2D eigenvalue weighted by molar-refractivity contribution is 5.88. The quantitative estimate of drug-likeness (QED) is 0.374. The molecule has 6 heteroatoms. The fourth-order valence-electron chi connectivity index (χ4n) is 3.61. The van der Waals surface area contributed by atoms with E-state index in [4.69, 9.17) is 4.74 Å². The summed E-state index contributed by atoms with van der Waals surface area (Å²) < 4.78 is 5.87. The van der Waals surface area contributed by atoms with Crippen LogP contribution < -0.4 is 10.1 Å². The van der Waals surface area contributed by atoms with E-state index in [2.05, 4.69) is 10.3 Å². The Morgan fingerprint density at radius 3 is 2.31 bits per heavy atom. The van der Waals surface area contributed by atoms with Gasteiger partial charge in [0.1, 0.15) is 18.4 Å². The number of aromatic amines is 1. The molecule has 1 atom stereocenters. The van der Waals surface area contributed by atoms with Gasteiger partial charge in [0, 0.05) is 29.6 Å². The summed E-state index contributed by atoms with van der Waals surface area (Å²) in [6, 6.07) is 23.8. The van der Waals surface area contributed by atoms with Gasteiger partial charge in [0.2, 0.25) is 5.91 Å². The first-order valence-electron chi connectivity index (χ1n) is 10.4. The van der Waals surface area contributed by atoms with Crippen molar-refractivity contribution in [3.8, 4) is 5.75 Å². The molecule has 0 aliphatic rings. The molecular weight excluding hydrogens is 404 g/mol. The van der Waals surface area contributed by atoms with Crippen LogP contribution in [0.2, 0.25) is 0 Å². The van der Waals surface area contributed by atoms with Crippen molar-refractivity contribution in [3.05, 3.63) is 102 Å². The number of aliphatic carboxylic acids is 1. The first kappa shape index (κ1) is 21.2. The van der Waals surface area contributed by atoms with Crippen LogP contribution in [0.4, 0.5) is 0 Å². The molecule has 1 aromatic heterocycles. The summed E-state index contributed by atoms with van der Waals surface area (Å²) >= 11 is 0. The fraction of sp³-hybridized carbons (Fsp3) is 0.154. The maximum Gasteiger partial charge on any atom is 0.326 e. The van der Waals surface area contributed by atoms with Crippen molar-refractivity contribution in [2.75, 3.05) is 0 Å². The maximum absolute atomic E-state index is 12.4. The van der Waals surface area contributed by atoms with Gasteiger partial charge in [-0.3, -0.25) is 4.79 Å². The fourth-order valence-corrected chi connectivity index (χ4v) is 3.61. The zero-order valence-electron chi connectivity index (χ0n) is 17.5. The average molecular weight is 428 g/mol. The van der Waals surface area contributed by atoms with Gasteiger partial charge >= 0.3 is 5.97 Å². The van der Waals surface area contributed by atoms with E-state index in [1.807, 2.05) is 78.9 Å². The molecule has 0 saturated heterocycles. The third kappa shape index (κ3) is 5.35. The molecule has 4 aromatic rings. The highest BCUT2D eigenvalue weighted by Gasteiger charge is 2.22. The molecule has 4 rings (SSSR count). The molecule has 0 spiro atoms. The van der Waals surface area contributed by atoms with Gasteiger partial charge in [-0.1, -0.05) is 60.7 Å². The van der Waals surface area contributed by atoms with Gasteiger partial charge in [0.15, 0.2) is 0 Å². The molecule has 0 saturated carbocycles. The smallest absolute Gasteiger partial charge is 0.326 e. The third-order valence-electron chi connectivity index (χ3n) is 5.25. The summed E-state index contributed by atoms with van der Waals surface area (Å²) in [6.45, 7) is 0.467. The van der Waals surface area contributed by atoms with Crippen molar-refractivity contribution in [1.29, 1.82) is 0 Å². The number of carbonyl (C=O) groups excluding carboxylic acids is 1. The van der Waals surface area contributed by atoms with Crippen LogP contribution in [0.1, 0.15) is 16.7 Å². The van der Waals surface area contributed by atoms with Gasteiger partial charge in [0.25, 0.3) is 0 Å². The van der Waals surface area contributed by atoms with Crippen LogP contribution in [0.3, 0.4) is 0 Å². The zero-order chi connectivity index (χ0) is 22.3. The summed E-state index contributed by atoms with van der Waals surface area (Å²) in [5.74, 6) is -0.663. The number of carboxylic acid groups (broad SMARTS) is 1. The lowest BCUT2D eigenvalue weighted by atomic mass is 10.0. The van der Waals surface area contributed by atoms with Gasteiger partial charge in [-0.2, -0.15) is 0 Å². The summed E-state index contributed by atoms with van der Waals surface area (Å²) in [6.07, 6.45) is 2.10. The number of amides is 1. The highest BCUT2D eigenvalue weighted by atomic mass is 16.5. The monoisotopic (exact) mass is 428 g/mol. The number of fused-ring (bicyclic) bond motifs is 1. The topological polar surface area (TPSA) is 91.4 Å². The minimum Gasteiger partial charge on any atom is -0.489 e. The predicted octanol–water partition coefficient (Wildman–Crippen LogP) is 4.10. The third-order valence-corrected chi connectivity index (χ3v) is 5.25. The minimum atomic E-state index is -1.07.